The molecule has 2 aromatic carbocycles. The van der Waals surface area contributed by atoms with Gasteiger partial charge in [0.25, 0.3) is 5.69 Å². The van der Waals surface area contributed by atoms with Gasteiger partial charge in [0.15, 0.2) is 0 Å². The molecule has 24 heavy (non-hydrogen) atoms. The Morgan fingerprint density at radius 3 is 2.62 bits per heavy atom. The van der Waals surface area contributed by atoms with Gasteiger partial charge in [-0.2, -0.15) is 0 Å². The minimum atomic E-state index is -0.569. The van der Waals surface area contributed by atoms with Crippen LogP contribution in [0.2, 0.25) is 0 Å². The maximum absolute atomic E-state index is 11.7. The van der Waals surface area contributed by atoms with Crippen molar-refractivity contribution in [2.24, 2.45) is 0 Å². The van der Waals surface area contributed by atoms with E-state index in [1.54, 1.807) is 17.8 Å². The average molecular weight is 348 g/mol. The first kappa shape index (κ1) is 17.6. The molecule has 126 valence electrons. The zero-order valence-electron chi connectivity index (χ0n) is 12.9. The van der Waals surface area contributed by atoms with Crippen molar-refractivity contribution in [3.05, 3.63) is 58.6 Å². The second-order valence-electron chi connectivity index (χ2n) is 4.59. The fourth-order valence-electron chi connectivity index (χ4n) is 1.81. The van der Waals surface area contributed by atoms with E-state index in [1.165, 1.54) is 24.3 Å². The van der Waals surface area contributed by atoms with Gasteiger partial charge in [-0.15, -0.1) is 11.8 Å². The van der Waals surface area contributed by atoms with Crippen molar-refractivity contribution in [2.75, 3.05) is 24.8 Å². The molecule has 0 bridgehead atoms. The summed E-state index contributed by atoms with van der Waals surface area (Å²) in [5.74, 6) is 0.470. The first-order valence-corrected chi connectivity index (χ1v) is 8.26. The molecule has 0 fully saturated rings. The number of hydrogen-bond acceptors (Lipinski definition) is 6. The highest BCUT2D eigenvalue weighted by Crippen LogP contribution is 2.19. The maximum Gasteiger partial charge on any atom is 0.411 e. The molecule has 0 unspecified atom stereocenters. The summed E-state index contributed by atoms with van der Waals surface area (Å²) in [6.45, 7) is 0.209. The molecule has 0 atom stereocenters. The van der Waals surface area contributed by atoms with E-state index in [2.05, 4.69) is 5.32 Å². The van der Waals surface area contributed by atoms with Crippen molar-refractivity contribution in [3.63, 3.8) is 0 Å². The Labute approximate surface area is 143 Å². The summed E-state index contributed by atoms with van der Waals surface area (Å²) in [6.07, 6.45) is 1.38. The molecule has 0 aliphatic rings. The third-order valence-electron chi connectivity index (χ3n) is 2.95. The number of carbonyl (C=O) groups excluding carboxylic acids is 1. The Balaban J connectivity index is 1.71. The van der Waals surface area contributed by atoms with E-state index in [0.717, 1.165) is 4.90 Å². The Morgan fingerprint density at radius 1 is 1.21 bits per heavy atom. The number of nitro benzene ring substituents is 1. The summed E-state index contributed by atoms with van der Waals surface area (Å²) < 4.78 is 10.4. The van der Waals surface area contributed by atoms with Crippen molar-refractivity contribution < 1.29 is 19.2 Å². The number of carbonyl (C=O) groups is 1. The third-order valence-corrected chi connectivity index (χ3v) is 3.67. The molecular weight excluding hydrogens is 332 g/mol. The van der Waals surface area contributed by atoms with Crippen molar-refractivity contribution in [3.8, 4) is 5.75 Å². The van der Waals surface area contributed by atoms with E-state index in [0.29, 0.717) is 11.4 Å². The third kappa shape index (κ3) is 5.47. The number of nitro groups is 1. The summed E-state index contributed by atoms with van der Waals surface area (Å²) in [7, 11) is 0. The van der Waals surface area contributed by atoms with Crippen molar-refractivity contribution in [1.82, 2.24) is 0 Å². The number of ether oxygens (including phenoxy) is 2. The van der Waals surface area contributed by atoms with Gasteiger partial charge in [0.2, 0.25) is 0 Å². The largest absolute Gasteiger partial charge is 0.490 e. The highest BCUT2D eigenvalue weighted by Gasteiger charge is 2.06. The lowest BCUT2D eigenvalue weighted by atomic mass is 10.3. The molecule has 2 aromatic rings. The van der Waals surface area contributed by atoms with Crippen molar-refractivity contribution >= 4 is 29.2 Å². The number of nitrogens with zero attached hydrogens (tertiary/aromatic N) is 1. The van der Waals surface area contributed by atoms with E-state index in [4.69, 9.17) is 9.47 Å². The fourth-order valence-corrected chi connectivity index (χ4v) is 2.27. The van der Waals surface area contributed by atoms with Crippen LogP contribution >= 0.6 is 11.8 Å². The Morgan fingerprint density at radius 2 is 1.96 bits per heavy atom. The van der Waals surface area contributed by atoms with E-state index in [9.17, 15) is 14.9 Å². The number of anilines is 1. The molecule has 1 amide bonds. The standard InChI is InChI=1S/C16H16N2O5S/c1-24-15-4-2-3-12(11-15)17-16(19)23-10-9-22-14-7-5-13(6-8-14)18(20)21/h2-8,11H,9-10H2,1H3,(H,17,19). The molecule has 0 saturated carbocycles. The van der Waals surface area contributed by atoms with Crippen LogP contribution in [0.3, 0.4) is 0 Å². The van der Waals surface area contributed by atoms with E-state index < -0.39 is 11.0 Å². The molecule has 0 aliphatic carbocycles. The molecule has 0 saturated heterocycles. The number of thioether (sulfide) groups is 1. The average Bonchev–Trinajstić information content (AvgIpc) is 2.59. The number of nitrogens with one attached hydrogen (secondary N) is 1. The van der Waals surface area contributed by atoms with Crippen molar-refractivity contribution in [2.45, 2.75) is 4.90 Å². The fraction of sp³-hybridized carbons (Fsp3) is 0.188. The van der Waals surface area contributed by atoms with Crippen LogP contribution in [0.15, 0.2) is 53.4 Å². The van der Waals surface area contributed by atoms with Crippen LogP contribution in [0.5, 0.6) is 5.75 Å². The maximum atomic E-state index is 11.7. The zero-order valence-corrected chi connectivity index (χ0v) is 13.7. The van der Waals surface area contributed by atoms with Crippen LogP contribution in [-0.4, -0.2) is 30.5 Å². The van der Waals surface area contributed by atoms with Crippen LogP contribution in [0.4, 0.5) is 16.2 Å². The summed E-state index contributed by atoms with van der Waals surface area (Å²) in [6, 6.07) is 13.1. The Bertz CT molecular complexity index is 706. The first-order chi connectivity index (χ1) is 11.6. The topological polar surface area (TPSA) is 90.7 Å². The van der Waals surface area contributed by atoms with Gasteiger partial charge in [-0.1, -0.05) is 6.07 Å². The van der Waals surface area contributed by atoms with Gasteiger partial charge in [0, 0.05) is 22.7 Å². The first-order valence-electron chi connectivity index (χ1n) is 7.03. The van der Waals surface area contributed by atoms with Gasteiger partial charge in [-0.25, -0.2) is 4.79 Å². The van der Waals surface area contributed by atoms with Gasteiger partial charge in [0.1, 0.15) is 19.0 Å². The summed E-state index contributed by atoms with van der Waals surface area (Å²) >= 11 is 1.58. The highest BCUT2D eigenvalue weighted by atomic mass is 32.2. The van der Waals surface area contributed by atoms with Gasteiger partial charge in [0.05, 0.1) is 4.92 Å². The molecule has 0 aromatic heterocycles. The monoisotopic (exact) mass is 348 g/mol. The predicted molar refractivity (Wildman–Crippen MR) is 91.8 cm³/mol. The van der Waals surface area contributed by atoms with Crippen molar-refractivity contribution in [1.29, 1.82) is 0 Å². The van der Waals surface area contributed by atoms with Gasteiger partial charge in [-0.05, 0) is 36.6 Å². The van der Waals surface area contributed by atoms with E-state index >= 15 is 0 Å². The van der Waals surface area contributed by atoms with Gasteiger partial charge >= 0.3 is 6.09 Å². The van der Waals surface area contributed by atoms with Crippen LogP contribution in [0, 0.1) is 10.1 Å². The molecule has 2 rings (SSSR count). The smallest absolute Gasteiger partial charge is 0.411 e. The second-order valence-corrected chi connectivity index (χ2v) is 5.47. The lowest BCUT2D eigenvalue weighted by Crippen LogP contribution is -2.17. The van der Waals surface area contributed by atoms with E-state index in [1.807, 2.05) is 24.5 Å². The summed E-state index contributed by atoms with van der Waals surface area (Å²) in [5.41, 5.74) is 0.647. The zero-order chi connectivity index (χ0) is 17.4. The quantitative estimate of drug-likeness (QED) is 0.353. The minimum absolute atomic E-state index is 0.00884. The number of rotatable bonds is 7. The highest BCUT2D eigenvalue weighted by molar-refractivity contribution is 7.98. The second kappa shape index (κ2) is 8.78. The number of amides is 1. The Kier molecular flexibility index (Phi) is 6.44. The predicted octanol–water partition coefficient (Wildman–Crippen LogP) is 3.94. The van der Waals surface area contributed by atoms with Crippen LogP contribution < -0.4 is 10.1 Å². The molecule has 0 aliphatic heterocycles. The molecule has 8 heteroatoms. The van der Waals surface area contributed by atoms with Crippen LogP contribution in [-0.2, 0) is 4.74 Å². The number of benzene rings is 2. The van der Waals surface area contributed by atoms with Gasteiger partial charge in [-0.3, -0.25) is 15.4 Å². The van der Waals surface area contributed by atoms with Crippen LogP contribution in [0.25, 0.3) is 0 Å². The molecule has 0 heterocycles. The molecule has 0 radical (unpaired) electrons. The minimum Gasteiger partial charge on any atom is -0.490 e. The molecule has 7 nitrogen and oxygen atoms in total. The normalized spacial score (nSPS) is 10.0. The summed E-state index contributed by atoms with van der Waals surface area (Å²) in [5, 5.41) is 13.2. The molecule has 0 spiro atoms. The van der Waals surface area contributed by atoms with Gasteiger partial charge < -0.3 is 9.47 Å². The molecular formula is C16H16N2O5S. The Hall–Kier alpha value is -2.74. The number of non-ortho nitro benzene ring substituents is 1. The van der Waals surface area contributed by atoms with E-state index in [-0.39, 0.29) is 18.9 Å². The SMILES string of the molecule is CSc1cccc(NC(=O)OCCOc2ccc([N+](=O)[O-])cc2)c1. The lowest BCUT2D eigenvalue weighted by Gasteiger charge is -2.09. The van der Waals surface area contributed by atoms with Crippen LogP contribution in [0.1, 0.15) is 0 Å². The lowest BCUT2D eigenvalue weighted by molar-refractivity contribution is -0.384. The number of hydrogen-bond donors (Lipinski definition) is 1. The molecule has 1 N–H and O–H groups in total. The summed E-state index contributed by atoms with van der Waals surface area (Å²) in [4.78, 5) is 22.8.